The van der Waals surface area contributed by atoms with Crippen molar-refractivity contribution in [2.75, 3.05) is 32.9 Å². The summed E-state index contributed by atoms with van der Waals surface area (Å²) in [5.74, 6) is 1.51. The van der Waals surface area contributed by atoms with E-state index in [0.29, 0.717) is 24.0 Å². The van der Waals surface area contributed by atoms with E-state index in [4.69, 9.17) is 9.47 Å². The predicted molar refractivity (Wildman–Crippen MR) is 122 cm³/mol. The summed E-state index contributed by atoms with van der Waals surface area (Å²) in [6, 6.07) is 6.23. The highest BCUT2D eigenvalue weighted by Crippen LogP contribution is 2.70. The Kier molecular flexibility index (Phi) is 5.75. The van der Waals surface area contributed by atoms with Crippen LogP contribution in [0.5, 0.6) is 5.75 Å². The molecule has 5 atom stereocenters. The van der Waals surface area contributed by atoms with Gasteiger partial charge < -0.3 is 19.9 Å². The Hall–Kier alpha value is -1.63. The number of benzene rings is 1. The van der Waals surface area contributed by atoms with E-state index in [2.05, 4.69) is 30.1 Å². The van der Waals surface area contributed by atoms with Crippen LogP contribution in [0.2, 0.25) is 0 Å². The molecule has 176 valence electrons. The maximum absolute atomic E-state index is 12.4. The highest BCUT2D eigenvalue weighted by molar-refractivity contribution is 5.76. The first kappa shape index (κ1) is 22.2. The average Bonchev–Trinajstić information content (AvgIpc) is 3.28. The molecule has 2 N–H and O–H groups in total. The molecule has 1 aromatic carbocycles. The third-order valence-electron chi connectivity index (χ3n) is 9.06. The summed E-state index contributed by atoms with van der Waals surface area (Å²) < 4.78 is 11.9. The number of phenolic OH excluding ortho intramolecular Hbond substituents is 1. The molecule has 0 aromatic heterocycles. The molecule has 4 aliphatic rings. The Bertz CT molecular complexity index is 865. The zero-order valence-electron chi connectivity index (χ0n) is 19.7. The number of morpholine rings is 1. The lowest BCUT2D eigenvalue weighted by atomic mass is 9.58. The first-order chi connectivity index (χ1) is 15.3. The number of hydrogen-bond acceptors (Lipinski definition) is 5. The zero-order valence-corrected chi connectivity index (χ0v) is 19.7. The van der Waals surface area contributed by atoms with Crippen molar-refractivity contribution < 1.29 is 19.4 Å². The number of aromatic hydroxyl groups is 1. The van der Waals surface area contributed by atoms with Gasteiger partial charge >= 0.3 is 0 Å². The second-order valence-electron chi connectivity index (χ2n) is 11.0. The molecular formula is C26H38N2O4. The van der Waals surface area contributed by atoms with Crippen molar-refractivity contribution in [3.8, 4) is 5.75 Å². The van der Waals surface area contributed by atoms with Crippen LogP contribution in [0.3, 0.4) is 0 Å². The van der Waals surface area contributed by atoms with E-state index in [-0.39, 0.29) is 28.9 Å². The monoisotopic (exact) mass is 442 g/mol. The van der Waals surface area contributed by atoms with Gasteiger partial charge in [0.25, 0.3) is 0 Å². The van der Waals surface area contributed by atoms with Crippen LogP contribution in [0.1, 0.15) is 63.7 Å². The molecule has 1 spiro atoms. The Labute approximate surface area is 191 Å². The van der Waals surface area contributed by atoms with E-state index in [0.717, 1.165) is 57.9 Å². The van der Waals surface area contributed by atoms with E-state index in [1.54, 1.807) is 0 Å². The fourth-order valence-electron chi connectivity index (χ4n) is 7.29. The van der Waals surface area contributed by atoms with Crippen LogP contribution >= 0.6 is 0 Å². The van der Waals surface area contributed by atoms with E-state index >= 15 is 0 Å². The van der Waals surface area contributed by atoms with Gasteiger partial charge in [-0.2, -0.15) is 0 Å². The first-order valence-electron chi connectivity index (χ1n) is 12.4. The van der Waals surface area contributed by atoms with Crippen LogP contribution in [0.4, 0.5) is 0 Å². The van der Waals surface area contributed by atoms with Crippen molar-refractivity contribution in [2.24, 2.45) is 22.7 Å². The average molecular weight is 443 g/mol. The molecule has 2 heterocycles. The van der Waals surface area contributed by atoms with Gasteiger partial charge in [0, 0.05) is 44.3 Å². The largest absolute Gasteiger partial charge is 0.508 e. The van der Waals surface area contributed by atoms with Crippen LogP contribution in [0.15, 0.2) is 18.2 Å². The first-order valence-corrected chi connectivity index (χ1v) is 12.4. The summed E-state index contributed by atoms with van der Waals surface area (Å²) in [5.41, 5.74) is 2.34. The molecule has 2 bridgehead atoms. The standard InChI is InChI=1S/C26H38N2O4/c1-4-22(30)27-24-25(2,3)19-14-20-23(32-10-7-26(20,24)15-19)17-5-6-21(29)18(13-17)16-28-8-11-31-12-9-28/h5-6,13,19-20,23-24,29H,4,7-12,14-16H2,1-3H3,(H,27,30)/t19-,20-,23-,24+,26?/m1/s1. The van der Waals surface area contributed by atoms with Gasteiger partial charge in [-0.1, -0.05) is 26.8 Å². The maximum atomic E-state index is 12.4. The Morgan fingerprint density at radius 2 is 2.03 bits per heavy atom. The van der Waals surface area contributed by atoms with Crippen molar-refractivity contribution >= 4 is 5.91 Å². The molecule has 2 aliphatic carbocycles. The lowest BCUT2D eigenvalue weighted by Crippen LogP contribution is -2.58. The summed E-state index contributed by atoms with van der Waals surface area (Å²) in [4.78, 5) is 14.8. The van der Waals surface area contributed by atoms with Crippen LogP contribution < -0.4 is 5.32 Å². The minimum atomic E-state index is 0.0231. The Balaban J connectivity index is 1.42. The van der Waals surface area contributed by atoms with Gasteiger partial charge in [-0.05, 0) is 59.6 Å². The third kappa shape index (κ3) is 3.55. The molecule has 5 rings (SSSR count). The van der Waals surface area contributed by atoms with E-state index in [9.17, 15) is 9.90 Å². The minimum absolute atomic E-state index is 0.0231. The number of amides is 1. The second-order valence-corrected chi connectivity index (χ2v) is 11.0. The highest BCUT2D eigenvalue weighted by atomic mass is 16.5. The van der Waals surface area contributed by atoms with Gasteiger partial charge in [-0.3, -0.25) is 9.69 Å². The molecule has 1 aromatic rings. The Morgan fingerprint density at radius 1 is 1.25 bits per heavy atom. The van der Waals surface area contributed by atoms with Gasteiger partial charge in [-0.25, -0.2) is 0 Å². The number of carbonyl (C=O) groups is 1. The van der Waals surface area contributed by atoms with Crippen LogP contribution in [0.25, 0.3) is 0 Å². The topological polar surface area (TPSA) is 71.0 Å². The van der Waals surface area contributed by atoms with Gasteiger partial charge in [0.1, 0.15) is 5.75 Å². The van der Waals surface area contributed by atoms with E-state index < -0.39 is 0 Å². The second kappa shape index (κ2) is 8.30. The van der Waals surface area contributed by atoms with Gasteiger partial charge in [0.05, 0.1) is 19.3 Å². The summed E-state index contributed by atoms with van der Waals surface area (Å²) >= 11 is 0. The minimum Gasteiger partial charge on any atom is -0.508 e. The van der Waals surface area contributed by atoms with Crippen molar-refractivity contribution in [2.45, 2.75) is 65.1 Å². The van der Waals surface area contributed by atoms with E-state index in [1.807, 2.05) is 19.1 Å². The van der Waals surface area contributed by atoms with Crippen molar-refractivity contribution in [1.82, 2.24) is 10.2 Å². The fraction of sp³-hybridized carbons (Fsp3) is 0.731. The summed E-state index contributed by atoms with van der Waals surface area (Å²) in [5, 5.41) is 14.0. The molecule has 1 amide bonds. The quantitative estimate of drug-likeness (QED) is 0.729. The molecule has 32 heavy (non-hydrogen) atoms. The molecule has 4 fully saturated rings. The zero-order chi connectivity index (χ0) is 22.5. The molecule has 1 unspecified atom stereocenters. The lowest BCUT2D eigenvalue weighted by Gasteiger charge is -2.53. The summed E-state index contributed by atoms with van der Waals surface area (Å²) in [6.07, 6.45) is 3.89. The molecule has 2 saturated carbocycles. The fourth-order valence-corrected chi connectivity index (χ4v) is 7.29. The van der Waals surface area contributed by atoms with Crippen molar-refractivity contribution in [3.63, 3.8) is 0 Å². The van der Waals surface area contributed by atoms with Crippen LogP contribution in [-0.2, 0) is 20.8 Å². The summed E-state index contributed by atoms with van der Waals surface area (Å²) in [7, 11) is 0. The SMILES string of the molecule is CCC(=O)N[C@H]1C(C)(C)[C@@H]2C[C@@H]3[C@@H](c4ccc(O)c(CN5CCOCC5)c4)OCCC31C2. The number of hydrogen-bond donors (Lipinski definition) is 2. The Morgan fingerprint density at radius 3 is 2.78 bits per heavy atom. The normalized spacial score (nSPS) is 36.1. The molecule has 6 heteroatoms. The number of phenols is 1. The van der Waals surface area contributed by atoms with Gasteiger partial charge in [-0.15, -0.1) is 0 Å². The molecule has 2 aliphatic heterocycles. The van der Waals surface area contributed by atoms with Gasteiger partial charge in [0.15, 0.2) is 0 Å². The number of ether oxygens (including phenoxy) is 2. The van der Waals surface area contributed by atoms with E-state index in [1.165, 1.54) is 12.0 Å². The van der Waals surface area contributed by atoms with Crippen LogP contribution in [0, 0.1) is 22.7 Å². The summed E-state index contributed by atoms with van der Waals surface area (Å²) in [6.45, 7) is 11.4. The number of rotatable bonds is 5. The lowest BCUT2D eigenvalue weighted by molar-refractivity contribution is -0.137. The predicted octanol–water partition coefficient (Wildman–Crippen LogP) is 3.63. The molecule has 6 nitrogen and oxygen atoms in total. The number of nitrogens with zero attached hydrogens (tertiary/aromatic N) is 1. The number of nitrogens with one attached hydrogen (secondary N) is 1. The van der Waals surface area contributed by atoms with Crippen LogP contribution in [-0.4, -0.2) is 54.9 Å². The van der Waals surface area contributed by atoms with Gasteiger partial charge in [0.2, 0.25) is 5.91 Å². The number of fused-ring (bicyclic) bond motifs is 1. The smallest absolute Gasteiger partial charge is 0.219 e. The molecule has 0 radical (unpaired) electrons. The molecular weight excluding hydrogens is 404 g/mol. The maximum Gasteiger partial charge on any atom is 0.219 e. The third-order valence-corrected chi connectivity index (χ3v) is 9.06. The molecule has 2 saturated heterocycles. The number of carbonyl (C=O) groups excluding carboxylic acids is 1. The highest BCUT2D eigenvalue weighted by Gasteiger charge is 2.68. The van der Waals surface area contributed by atoms with Crippen molar-refractivity contribution in [1.29, 1.82) is 0 Å². The van der Waals surface area contributed by atoms with Crippen molar-refractivity contribution in [3.05, 3.63) is 29.3 Å².